The molecule has 2 aromatic carbocycles. The third-order valence-electron chi connectivity index (χ3n) is 4.70. The highest BCUT2D eigenvalue weighted by molar-refractivity contribution is 6.06. The van der Waals surface area contributed by atoms with E-state index < -0.39 is 11.5 Å². The van der Waals surface area contributed by atoms with Crippen LogP contribution in [0.2, 0.25) is 0 Å². The van der Waals surface area contributed by atoms with E-state index in [-0.39, 0.29) is 5.56 Å². The summed E-state index contributed by atoms with van der Waals surface area (Å²) in [7, 11) is 1.58. The fourth-order valence-corrected chi connectivity index (χ4v) is 3.24. The molecule has 0 saturated heterocycles. The average molecular weight is 380 g/mol. The monoisotopic (exact) mass is 380 g/mol. The smallest absolute Gasteiger partial charge is 0.349 e. The Morgan fingerprint density at radius 2 is 2.00 bits per heavy atom. The summed E-state index contributed by atoms with van der Waals surface area (Å²) in [4.78, 5) is 25.2. The molecule has 0 radical (unpaired) electrons. The maximum absolute atomic E-state index is 12.7. The van der Waals surface area contributed by atoms with Gasteiger partial charge in [0, 0.05) is 23.2 Å². The first kappa shape index (κ1) is 19.6. The summed E-state index contributed by atoms with van der Waals surface area (Å²) in [6.45, 7) is 4.34. The normalized spacial score (nSPS) is 10.9. The second-order valence-electron chi connectivity index (χ2n) is 6.67. The molecule has 1 aromatic heterocycles. The fourth-order valence-electron chi connectivity index (χ4n) is 3.24. The SMILES string of the molecule is CCCc1c(OC)ccc2cc(C(=O)Nc3ccc(CN)cc3C)c(=O)oc12. The molecule has 6 heteroatoms. The number of fused-ring (bicyclic) bond motifs is 1. The quantitative estimate of drug-likeness (QED) is 0.635. The van der Waals surface area contributed by atoms with Crippen LogP contribution in [-0.2, 0) is 13.0 Å². The Hall–Kier alpha value is -3.12. The molecule has 1 heterocycles. The van der Waals surface area contributed by atoms with Gasteiger partial charge in [0.15, 0.2) is 0 Å². The summed E-state index contributed by atoms with van der Waals surface area (Å²) in [5.74, 6) is 0.164. The predicted molar refractivity (Wildman–Crippen MR) is 110 cm³/mol. The molecule has 0 spiro atoms. The first-order chi connectivity index (χ1) is 13.5. The summed E-state index contributed by atoms with van der Waals surface area (Å²) in [6, 6.07) is 10.7. The Morgan fingerprint density at radius 3 is 2.64 bits per heavy atom. The van der Waals surface area contributed by atoms with Crippen LogP contribution in [0.5, 0.6) is 5.75 Å². The van der Waals surface area contributed by atoms with Crippen LogP contribution in [0.25, 0.3) is 11.0 Å². The van der Waals surface area contributed by atoms with Crippen molar-refractivity contribution >= 4 is 22.6 Å². The number of anilines is 1. The molecule has 146 valence electrons. The Morgan fingerprint density at radius 1 is 1.21 bits per heavy atom. The minimum atomic E-state index is -0.674. The van der Waals surface area contributed by atoms with Crippen LogP contribution in [0.4, 0.5) is 5.69 Å². The van der Waals surface area contributed by atoms with Crippen LogP contribution in [0.3, 0.4) is 0 Å². The van der Waals surface area contributed by atoms with Crippen molar-refractivity contribution in [2.24, 2.45) is 5.73 Å². The summed E-state index contributed by atoms with van der Waals surface area (Å²) in [5, 5.41) is 3.47. The average Bonchev–Trinajstić information content (AvgIpc) is 2.69. The minimum absolute atomic E-state index is 0.0394. The van der Waals surface area contributed by atoms with Crippen LogP contribution in [-0.4, -0.2) is 13.0 Å². The lowest BCUT2D eigenvalue weighted by atomic mass is 10.0. The summed E-state index contributed by atoms with van der Waals surface area (Å²) in [6.07, 6.45) is 1.58. The van der Waals surface area contributed by atoms with Crippen LogP contribution >= 0.6 is 0 Å². The number of ether oxygens (including phenoxy) is 1. The van der Waals surface area contributed by atoms with Crippen molar-refractivity contribution in [1.29, 1.82) is 0 Å². The molecule has 0 atom stereocenters. The number of methoxy groups -OCH3 is 1. The molecule has 0 aliphatic carbocycles. The largest absolute Gasteiger partial charge is 0.496 e. The van der Waals surface area contributed by atoms with Gasteiger partial charge in [-0.25, -0.2) is 4.79 Å². The van der Waals surface area contributed by atoms with E-state index in [1.807, 2.05) is 32.0 Å². The molecule has 3 aromatic rings. The highest BCUT2D eigenvalue weighted by Gasteiger charge is 2.18. The van der Waals surface area contributed by atoms with Gasteiger partial charge in [0.2, 0.25) is 0 Å². The third kappa shape index (κ3) is 3.77. The van der Waals surface area contributed by atoms with Crippen LogP contribution in [0, 0.1) is 6.92 Å². The number of hydrogen-bond acceptors (Lipinski definition) is 5. The molecule has 0 bridgehead atoms. The second-order valence-corrected chi connectivity index (χ2v) is 6.67. The summed E-state index contributed by atoms with van der Waals surface area (Å²) >= 11 is 0. The van der Waals surface area contributed by atoms with Gasteiger partial charge in [0.1, 0.15) is 16.9 Å². The summed E-state index contributed by atoms with van der Waals surface area (Å²) < 4.78 is 10.9. The van der Waals surface area contributed by atoms with E-state index in [9.17, 15) is 9.59 Å². The number of rotatable bonds is 6. The van der Waals surface area contributed by atoms with Crippen molar-refractivity contribution in [3.63, 3.8) is 0 Å². The highest BCUT2D eigenvalue weighted by Crippen LogP contribution is 2.29. The van der Waals surface area contributed by atoms with Gasteiger partial charge in [0.25, 0.3) is 5.91 Å². The van der Waals surface area contributed by atoms with E-state index in [1.54, 1.807) is 25.3 Å². The van der Waals surface area contributed by atoms with Gasteiger partial charge in [-0.05, 0) is 48.7 Å². The van der Waals surface area contributed by atoms with Gasteiger partial charge in [-0.1, -0.05) is 25.5 Å². The van der Waals surface area contributed by atoms with E-state index >= 15 is 0 Å². The van der Waals surface area contributed by atoms with E-state index in [1.165, 1.54) is 0 Å². The Labute approximate surface area is 163 Å². The first-order valence-electron chi connectivity index (χ1n) is 9.23. The molecule has 6 nitrogen and oxygen atoms in total. The van der Waals surface area contributed by atoms with Gasteiger partial charge >= 0.3 is 5.63 Å². The fraction of sp³-hybridized carbons (Fsp3) is 0.273. The van der Waals surface area contributed by atoms with Gasteiger partial charge in [0.05, 0.1) is 7.11 Å². The van der Waals surface area contributed by atoms with Crippen molar-refractivity contribution in [2.75, 3.05) is 12.4 Å². The second kappa shape index (κ2) is 8.27. The van der Waals surface area contributed by atoms with Crippen molar-refractivity contribution in [2.45, 2.75) is 33.2 Å². The van der Waals surface area contributed by atoms with Crippen molar-refractivity contribution < 1.29 is 13.9 Å². The predicted octanol–water partition coefficient (Wildman–Crippen LogP) is 3.77. The van der Waals surface area contributed by atoms with Crippen LogP contribution < -0.4 is 21.4 Å². The molecular weight excluding hydrogens is 356 g/mol. The number of carbonyl (C=O) groups excluding carboxylic acids is 1. The van der Waals surface area contributed by atoms with Gasteiger partial charge < -0.3 is 20.2 Å². The highest BCUT2D eigenvalue weighted by atomic mass is 16.5. The zero-order chi connectivity index (χ0) is 20.3. The Balaban J connectivity index is 2.00. The van der Waals surface area contributed by atoms with Crippen molar-refractivity contribution in [3.05, 3.63) is 69.1 Å². The van der Waals surface area contributed by atoms with Gasteiger partial charge in [-0.3, -0.25) is 4.79 Å². The minimum Gasteiger partial charge on any atom is -0.496 e. The number of nitrogens with two attached hydrogens (primary N) is 1. The zero-order valence-corrected chi connectivity index (χ0v) is 16.3. The molecule has 3 N–H and O–H groups in total. The molecule has 3 rings (SSSR count). The lowest BCUT2D eigenvalue weighted by molar-refractivity contribution is 0.102. The number of aryl methyl sites for hydroxylation is 2. The molecule has 0 saturated carbocycles. The van der Waals surface area contributed by atoms with Crippen molar-refractivity contribution in [1.82, 2.24) is 0 Å². The standard InChI is InChI=1S/C22H24N2O4/c1-4-5-16-19(27-3)9-7-15-11-17(22(26)28-20(15)16)21(25)24-18-8-6-14(12-23)10-13(18)2/h6-11H,4-5,12,23H2,1-3H3,(H,24,25). The number of benzene rings is 2. The zero-order valence-electron chi connectivity index (χ0n) is 16.3. The van der Waals surface area contributed by atoms with E-state index in [0.717, 1.165) is 23.1 Å². The van der Waals surface area contributed by atoms with E-state index in [0.29, 0.717) is 35.4 Å². The maximum Gasteiger partial charge on any atom is 0.349 e. The van der Waals surface area contributed by atoms with Gasteiger partial charge in [-0.2, -0.15) is 0 Å². The summed E-state index contributed by atoms with van der Waals surface area (Å²) in [5.41, 5.74) is 8.69. The molecule has 0 fully saturated rings. The van der Waals surface area contributed by atoms with Crippen LogP contribution in [0.1, 0.15) is 40.4 Å². The van der Waals surface area contributed by atoms with Gasteiger partial charge in [-0.15, -0.1) is 0 Å². The number of amides is 1. The van der Waals surface area contributed by atoms with Crippen molar-refractivity contribution in [3.8, 4) is 5.75 Å². The Kier molecular flexibility index (Phi) is 5.80. The molecule has 1 amide bonds. The lowest BCUT2D eigenvalue weighted by Crippen LogP contribution is -2.21. The lowest BCUT2D eigenvalue weighted by Gasteiger charge is -2.12. The molecule has 0 unspecified atom stereocenters. The Bertz CT molecular complexity index is 1090. The first-order valence-corrected chi connectivity index (χ1v) is 9.23. The third-order valence-corrected chi connectivity index (χ3v) is 4.70. The van der Waals surface area contributed by atoms with Crippen LogP contribution in [0.15, 0.2) is 45.6 Å². The number of nitrogens with one attached hydrogen (secondary N) is 1. The number of hydrogen-bond donors (Lipinski definition) is 2. The topological polar surface area (TPSA) is 94.6 Å². The molecular formula is C22H24N2O4. The molecule has 0 aliphatic rings. The van der Waals surface area contributed by atoms with E-state index in [4.69, 9.17) is 14.9 Å². The number of carbonyl (C=O) groups is 1. The molecule has 0 aliphatic heterocycles. The molecule has 28 heavy (non-hydrogen) atoms. The van der Waals surface area contributed by atoms with E-state index in [2.05, 4.69) is 5.32 Å². The maximum atomic E-state index is 12.7.